The van der Waals surface area contributed by atoms with Crippen molar-refractivity contribution >= 4 is 37.6 Å². The molecule has 5 heterocycles. The Kier molecular flexibility index (Phi) is 5.24. The fourth-order valence-electron chi connectivity index (χ4n) is 4.22. The number of unbranched alkanes of at least 4 members (excludes halogenated alkanes) is 1. The molecule has 8 heteroatoms. The first-order valence-corrected chi connectivity index (χ1v) is 11.6. The van der Waals surface area contributed by atoms with Crippen LogP contribution in [0.2, 0.25) is 0 Å². The molecule has 1 fully saturated rings. The topological polar surface area (TPSA) is 69.6 Å². The third-order valence-electron chi connectivity index (χ3n) is 5.82. The summed E-state index contributed by atoms with van der Waals surface area (Å²) in [6.07, 6.45) is 4.55. The fraction of sp³-hybridized carbons (Fsp3) is 0.591. The molecule has 0 aromatic carbocycles. The monoisotopic (exact) mass is 428 g/mol. The van der Waals surface area contributed by atoms with Gasteiger partial charge in [-0.3, -0.25) is 0 Å². The van der Waals surface area contributed by atoms with E-state index in [2.05, 4.69) is 35.6 Å². The summed E-state index contributed by atoms with van der Waals surface area (Å²) in [6, 6.07) is 0. The molecule has 1 saturated heterocycles. The Morgan fingerprint density at radius 3 is 2.83 bits per heavy atom. The fourth-order valence-corrected chi connectivity index (χ4v) is 5.32. The van der Waals surface area contributed by atoms with E-state index in [9.17, 15) is 0 Å². The first kappa shape index (κ1) is 19.9. The number of rotatable bonds is 5. The van der Waals surface area contributed by atoms with Crippen molar-refractivity contribution in [2.75, 3.05) is 37.8 Å². The molecule has 0 saturated carbocycles. The highest BCUT2D eigenvalue weighted by Gasteiger charge is 2.33. The van der Waals surface area contributed by atoms with Gasteiger partial charge in [-0.1, -0.05) is 13.3 Å². The summed E-state index contributed by atoms with van der Waals surface area (Å²) in [5, 5.41) is 1.14. The molecule has 0 bridgehead atoms. The Bertz CT molecular complexity index is 1080. The van der Waals surface area contributed by atoms with Crippen molar-refractivity contribution in [2.45, 2.75) is 52.2 Å². The zero-order valence-corrected chi connectivity index (χ0v) is 18.7. The molecule has 5 rings (SSSR count). The Morgan fingerprint density at radius 1 is 1.20 bits per heavy atom. The molecule has 0 N–H and O–H groups in total. The lowest BCUT2D eigenvalue weighted by atomic mass is 9.90. The lowest BCUT2D eigenvalue weighted by molar-refractivity contribution is -0.0396. The van der Waals surface area contributed by atoms with E-state index in [4.69, 9.17) is 19.2 Å². The van der Waals surface area contributed by atoms with Crippen LogP contribution in [0.25, 0.3) is 20.4 Å². The summed E-state index contributed by atoms with van der Waals surface area (Å²) in [5.74, 6) is 1.70. The minimum absolute atomic E-state index is 0.217. The van der Waals surface area contributed by atoms with Gasteiger partial charge >= 0.3 is 0 Å². The van der Waals surface area contributed by atoms with Gasteiger partial charge in [-0.2, -0.15) is 0 Å². The number of ether oxygens (including phenoxy) is 3. The maximum atomic E-state index is 6.20. The van der Waals surface area contributed by atoms with Crippen molar-refractivity contribution in [3.63, 3.8) is 0 Å². The Balaban J connectivity index is 1.70. The van der Waals surface area contributed by atoms with E-state index in [1.807, 2.05) is 0 Å². The number of pyridine rings is 1. The van der Waals surface area contributed by atoms with Crippen LogP contribution in [0.1, 0.15) is 44.7 Å². The smallest absolute Gasteiger partial charge is 0.234 e. The van der Waals surface area contributed by atoms with E-state index in [0.717, 1.165) is 71.8 Å². The van der Waals surface area contributed by atoms with Crippen molar-refractivity contribution < 1.29 is 14.2 Å². The van der Waals surface area contributed by atoms with E-state index in [-0.39, 0.29) is 5.60 Å². The second kappa shape index (κ2) is 7.90. The molecule has 0 atom stereocenters. The molecule has 0 unspecified atom stereocenters. The van der Waals surface area contributed by atoms with Gasteiger partial charge in [0.2, 0.25) is 5.88 Å². The number of thiophene rings is 1. The van der Waals surface area contributed by atoms with Gasteiger partial charge < -0.3 is 19.1 Å². The molecule has 160 valence electrons. The molecule has 2 aliphatic rings. The number of anilines is 1. The van der Waals surface area contributed by atoms with Crippen LogP contribution in [0, 0.1) is 0 Å². The van der Waals surface area contributed by atoms with Crippen LogP contribution in [-0.2, 0) is 22.5 Å². The maximum Gasteiger partial charge on any atom is 0.234 e. The third-order valence-corrected chi connectivity index (χ3v) is 6.88. The summed E-state index contributed by atoms with van der Waals surface area (Å²) in [4.78, 5) is 17.5. The largest absolute Gasteiger partial charge is 0.477 e. The Labute approximate surface area is 180 Å². The number of morpholine rings is 1. The number of aromatic nitrogens is 3. The van der Waals surface area contributed by atoms with Gasteiger partial charge in [0.15, 0.2) is 0 Å². The molecule has 30 heavy (non-hydrogen) atoms. The van der Waals surface area contributed by atoms with Gasteiger partial charge in [0, 0.05) is 30.5 Å². The van der Waals surface area contributed by atoms with Crippen LogP contribution < -0.4 is 9.64 Å². The second-order valence-electron chi connectivity index (χ2n) is 8.56. The Hall–Kier alpha value is -2.03. The normalized spacial score (nSPS) is 18.7. The number of nitrogens with zero attached hydrogens (tertiary/aromatic N) is 4. The first-order valence-electron chi connectivity index (χ1n) is 10.8. The number of hydrogen-bond donors (Lipinski definition) is 0. The minimum atomic E-state index is -0.217. The van der Waals surface area contributed by atoms with Gasteiger partial charge in [0.1, 0.15) is 21.7 Å². The molecule has 0 amide bonds. The first-order chi connectivity index (χ1) is 14.6. The molecule has 3 aromatic rings. The number of hydrogen-bond acceptors (Lipinski definition) is 8. The summed E-state index contributed by atoms with van der Waals surface area (Å²) in [7, 11) is 0. The molecule has 0 radical (unpaired) electrons. The standard InChI is InChI=1S/C22H28N4O3S/c1-4-5-8-28-20-18-17(23-13-24-20)16-14-11-22(2,3)29-12-15(14)19(25-21(16)30-18)26-6-9-27-10-7-26/h13H,4-12H2,1-3H3. The van der Waals surface area contributed by atoms with Crippen LogP contribution in [-0.4, -0.2) is 53.5 Å². The van der Waals surface area contributed by atoms with Crippen LogP contribution in [0.15, 0.2) is 6.33 Å². The van der Waals surface area contributed by atoms with E-state index < -0.39 is 0 Å². The predicted octanol–water partition coefficient (Wildman–Crippen LogP) is 4.11. The van der Waals surface area contributed by atoms with Gasteiger partial charge in [-0.25, -0.2) is 15.0 Å². The molecule has 0 aliphatic carbocycles. The van der Waals surface area contributed by atoms with E-state index in [1.165, 1.54) is 11.1 Å². The molecular weight excluding hydrogens is 400 g/mol. The van der Waals surface area contributed by atoms with Gasteiger partial charge in [0.25, 0.3) is 0 Å². The van der Waals surface area contributed by atoms with Crippen LogP contribution in [0.5, 0.6) is 5.88 Å². The van der Waals surface area contributed by atoms with Crippen molar-refractivity contribution in [3.8, 4) is 5.88 Å². The highest BCUT2D eigenvalue weighted by molar-refractivity contribution is 7.25. The summed E-state index contributed by atoms with van der Waals surface area (Å²) in [5.41, 5.74) is 3.23. The zero-order valence-electron chi connectivity index (χ0n) is 17.9. The average molecular weight is 429 g/mol. The van der Waals surface area contributed by atoms with Crippen molar-refractivity contribution in [3.05, 3.63) is 17.5 Å². The summed E-state index contributed by atoms with van der Waals surface area (Å²) >= 11 is 1.64. The SMILES string of the molecule is CCCCOc1ncnc2c1sc1nc(N3CCOCC3)c3c(c12)CC(C)(C)OC3. The lowest BCUT2D eigenvalue weighted by Crippen LogP contribution is -2.39. The molecule has 0 spiro atoms. The quantitative estimate of drug-likeness (QED) is 0.567. The van der Waals surface area contributed by atoms with Gasteiger partial charge in [-0.15, -0.1) is 11.3 Å². The van der Waals surface area contributed by atoms with Crippen LogP contribution >= 0.6 is 11.3 Å². The average Bonchev–Trinajstić information content (AvgIpc) is 3.13. The maximum absolute atomic E-state index is 6.20. The minimum Gasteiger partial charge on any atom is -0.477 e. The van der Waals surface area contributed by atoms with Crippen molar-refractivity contribution in [2.24, 2.45) is 0 Å². The summed E-state index contributed by atoms with van der Waals surface area (Å²) < 4.78 is 18.7. The third kappa shape index (κ3) is 3.50. The molecular formula is C22H28N4O3S. The highest BCUT2D eigenvalue weighted by Crippen LogP contribution is 2.44. The van der Waals surface area contributed by atoms with Crippen LogP contribution in [0.3, 0.4) is 0 Å². The van der Waals surface area contributed by atoms with E-state index in [1.54, 1.807) is 17.7 Å². The zero-order chi connectivity index (χ0) is 20.7. The molecule has 2 aliphatic heterocycles. The van der Waals surface area contributed by atoms with E-state index >= 15 is 0 Å². The molecule has 3 aromatic heterocycles. The number of fused-ring (bicyclic) bond motifs is 5. The summed E-state index contributed by atoms with van der Waals surface area (Å²) in [6.45, 7) is 10.9. The predicted molar refractivity (Wildman–Crippen MR) is 119 cm³/mol. The highest BCUT2D eigenvalue weighted by atomic mass is 32.1. The Morgan fingerprint density at radius 2 is 2.03 bits per heavy atom. The van der Waals surface area contributed by atoms with Gasteiger partial charge in [0.05, 0.1) is 37.5 Å². The second-order valence-corrected chi connectivity index (χ2v) is 9.56. The van der Waals surface area contributed by atoms with Crippen molar-refractivity contribution in [1.29, 1.82) is 0 Å². The van der Waals surface area contributed by atoms with Crippen molar-refractivity contribution in [1.82, 2.24) is 15.0 Å². The lowest BCUT2D eigenvalue weighted by Gasteiger charge is -2.36. The van der Waals surface area contributed by atoms with Crippen LogP contribution in [0.4, 0.5) is 5.82 Å². The van der Waals surface area contributed by atoms with E-state index in [0.29, 0.717) is 19.1 Å². The van der Waals surface area contributed by atoms with Gasteiger partial charge in [-0.05, 0) is 25.8 Å². The molecule has 7 nitrogen and oxygen atoms in total.